The summed E-state index contributed by atoms with van der Waals surface area (Å²) < 4.78 is 0.552. The molecule has 12 heteroatoms. The average Bonchev–Trinajstić information content (AvgIpc) is 3.17. The third-order valence-corrected chi connectivity index (χ3v) is 6.54. The number of hydrogen-bond acceptors (Lipinski definition) is 9. The first kappa shape index (κ1) is 22.3. The van der Waals surface area contributed by atoms with Crippen LogP contribution in [0, 0.1) is 24.0 Å². The summed E-state index contributed by atoms with van der Waals surface area (Å²) >= 11 is 2.41. The number of aromatic nitrogens is 2. The molecule has 2 aromatic carbocycles. The molecule has 3 aromatic rings. The first-order valence-corrected chi connectivity index (χ1v) is 11.1. The normalized spacial score (nSPS) is 15.2. The predicted molar refractivity (Wildman–Crippen MR) is 122 cm³/mol. The third kappa shape index (κ3) is 4.66. The van der Waals surface area contributed by atoms with Crippen LogP contribution in [0.2, 0.25) is 0 Å². The van der Waals surface area contributed by atoms with Crippen LogP contribution in [0.3, 0.4) is 0 Å². The molecule has 10 nitrogen and oxygen atoms in total. The topological polar surface area (TPSA) is 135 Å². The number of anilines is 1. The van der Waals surface area contributed by atoms with Gasteiger partial charge < -0.3 is 0 Å². The summed E-state index contributed by atoms with van der Waals surface area (Å²) in [6.07, 6.45) is 1.22. The van der Waals surface area contributed by atoms with Gasteiger partial charge >= 0.3 is 6.03 Å². The molecule has 0 saturated carbocycles. The van der Waals surface area contributed by atoms with Crippen molar-refractivity contribution in [2.45, 2.75) is 23.1 Å². The Balaban J connectivity index is 1.69. The van der Waals surface area contributed by atoms with E-state index in [2.05, 4.69) is 15.5 Å². The summed E-state index contributed by atoms with van der Waals surface area (Å²) in [7, 11) is 0. The Bertz CT molecular complexity index is 1330. The molecule has 33 heavy (non-hydrogen) atoms. The Kier molecular flexibility index (Phi) is 6.03. The largest absolute Gasteiger partial charge is 0.335 e. The van der Waals surface area contributed by atoms with Crippen molar-refractivity contribution >= 4 is 58.4 Å². The van der Waals surface area contributed by atoms with Gasteiger partial charge in [-0.3, -0.25) is 25.0 Å². The fourth-order valence-corrected chi connectivity index (χ4v) is 4.88. The molecule has 2 heterocycles. The molecule has 166 valence electrons. The molecule has 1 N–H and O–H groups in total. The van der Waals surface area contributed by atoms with Gasteiger partial charge in [0.05, 0.1) is 15.5 Å². The Morgan fingerprint density at radius 2 is 1.82 bits per heavy atom. The number of imide groups is 2. The van der Waals surface area contributed by atoms with Crippen LogP contribution < -0.4 is 10.2 Å². The van der Waals surface area contributed by atoms with Crippen LogP contribution in [-0.4, -0.2) is 33.0 Å². The fraction of sp³-hybridized carbons (Fsp3) is 0.0952. The minimum Gasteiger partial charge on any atom is -0.273 e. The SMILES string of the molecule is Cc1ccc(N2C(=O)NC(=O)/C(=C\c3ccc(Sc4nnc(C)s4)c([N+](=O)[O-])c3)C2=O)cc1. The monoisotopic (exact) mass is 481 g/mol. The third-order valence-electron chi connectivity index (χ3n) is 4.59. The number of carbonyl (C=O) groups excluding carboxylic acids is 3. The highest BCUT2D eigenvalue weighted by Gasteiger charge is 2.36. The maximum absolute atomic E-state index is 13.0. The molecule has 0 atom stereocenters. The summed E-state index contributed by atoms with van der Waals surface area (Å²) in [6.45, 7) is 3.64. The number of carbonyl (C=O) groups is 3. The van der Waals surface area contributed by atoms with Crippen molar-refractivity contribution in [1.29, 1.82) is 0 Å². The minimum atomic E-state index is -0.876. The van der Waals surface area contributed by atoms with E-state index in [-0.39, 0.29) is 16.8 Å². The van der Waals surface area contributed by atoms with Gasteiger partial charge in [-0.2, -0.15) is 0 Å². The van der Waals surface area contributed by atoms with Crippen LogP contribution in [0.25, 0.3) is 6.08 Å². The smallest absolute Gasteiger partial charge is 0.273 e. The van der Waals surface area contributed by atoms with E-state index in [4.69, 9.17) is 0 Å². The highest BCUT2D eigenvalue weighted by molar-refractivity contribution is 8.01. The number of nitrogens with zero attached hydrogens (tertiary/aromatic N) is 4. The van der Waals surface area contributed by atoms with E-state index < -0.39 is 22.8 Å². The molecule has 4 rings (SSSR count). The number of rotatable bonds is 5. The quantitative estimate of drug-likeness (QED) is 0.251. The Hall–Kier alpha value is -3.90. The van der Waals surface area contributed by atoms with Gasteiger partial charge in [-0.25, -0.2) is 9.69 Å². The fourth-order valence-electron chi connectivity index (χ4n) is 3.02. The molecule has 0 spiro atoms. The number of nitrogens with one attached hydrogen (secondary N) is 1. The zero-order chi connectivity index (χ0) is 23.7. The van der Waals surface area contributed by atoms with E-state index in [1.54, 1.807) is 37.3 Å². The van der Waals surface area contributed by atoms with Gasteiger partial charge in [0.1, 0.15) is 10.6 Å². The lowest BCUT2D eigenvalue weighted by Gasteiger charge is -2.26. The van der Waals surface area contributed by atoms with Crippen molar-refractivity contribution in [3.05, 3.63) is 74.3 Å². The number of aryl methyl sites for hydroxylation is 2. The van der Waals surface area contributed by atoms with E-state index in [1.807, 2.05) is 6.92 Å². The number of amides is 4. The summed E-state index contributed by atoms with van der Waals surface area (Å²) in [5.74, 6) is -1.70. The van der Waals surface area contributed by atoms with Crippen molar-refractivity contribution in [2.75, 3.05) is 4.90 Å². The van der Waals surface area contributed by atoms with E-state index in [0.29, 0.717) is 14.9 Å². The zero-order valence-electron chi connectivity index (χ0n) is 17.3. The molecular formula is C21H15N5O5S2. The second-order valence-electron chi connectivity index (χ2n) is 6.97. The lowest BCUT2D eigenvalue weighted by molar-refractivity contribution is -0.387. The summed E-state index contributed by atoms with van der Waals surface area (Å²) in [6, 6.07) is 10.1. The molecule has 1 fully saturated rings. The van der Waals surface area contributed by atoms with Crippen molar-refractivity contribution in [1.82, 2.24) is 15.5 Å². The second kappa shape index (κ2) is 8.92. The maximum atomic E-state index is 13.0. The molecule has 1 aliphatic rings. The van der Waals surface area contributed by atoms with E-state index in [1.165, 1.54) is 29.5 Å². The lowest BCUT2D eigenvalue weighted by Crippen LogP contribution is -2.54. The van der Waals surface area contributed by atoms with Crippen LogP contribution in [0.5, 0.6) is 0 Å². The van der Waals surface area contributed by atoms with Crippen LogP contribution in [0.1, 0.15) is 16.1 Å². The predicted octanol–water partition coefficient (Wildman–Crippen LogP) is 3.88. The molecular weight excluding hydrogens is 466 g/mol. The van der Waals surface area contributed by atoms with Gasteiger partial charge in [0.2, 0.25) is 0 Å². The van der Waals surface area contributed by atoms with Gasteiger partial charge in [0, 0.05) is 6.07 Å². The lowest BCUT2D eigenvalue weighted by atomic mass is 10.1. The molecule has 0 bridgehead atoms. The summed E-state index contributed by atoms with van der Waals surface area (Å²) in [5.41, 5.74) is 0.967. The Morgan fingerprint density at radius 1 is 1.09 bits per heavy atom. The van der Waals surface area contributed by atoms with Crippen molar-refractivity contribution < 1.29 is 19.3 Å². The van der Waals surface area contributed by atoms with Crippen molar-refractivity contribution in [3.8, 4) is 0 Å². The summed E-state index contributed by atoms with van der Waals surface area (Å²) in [5, 5.41) is 22.4. The second-order valence-corrected chi connectivity index (χ2v) is 9.44. The molecule has 4 amide bonds. The molecule has 1 saturated heterocycles. The van der Waals surface area contributed by atoms with E-state index in [9.17, 15) is 24.5 Å². The molecule has 0 radical (unpaired) electrons. The Labute approximate surface area is 195 Å². The number of benzene rings is 2. The number of urea groups is 1. The average molecular weight is 482 g/mol. The van der Waals surface area contributed by atoms with Gasteiger partial charge in [-0.05, 0) is 43.7 Å². The number of barbiturate groups is 1. The van der Waals surface area contributed by atoms with Gasteiger partial charge in [0.15, 0.2) is 4.34 Å². The minimum absolute atomic E-state index is 0.211. The maximum Gasteiger partial charge on any atom is 0.335 e. The first-order valence-electron chi connectivity index (χ1n) is 9.47. The van der Waals surface area contributed by atoms with Crippen LogP contribution in [0.15, 0.2) is 57.3 Å². The molecule has 0 aliphatic carbocycles. The van der Waals surface area contributed by atoms with Crippen LogP contribution >= 0.6 is 23.1 Å². The van der Waals surface area contributed by atoms with Crippen molar-refractivity contribution in [3.63, 3.8) is 0 Å². The van der Waals surface area contributed by atoms with E-state index in [0.717, 1.165) is 27.2 Å². The highest BCUT2D eigenvalue weighted by atomic mass is 32.2. The first-order chi connectivity index (χ1) is 15.7. The molecule has 0 unspecified atom stereocenters. The van der Waals surface area contributed by atoms with Crippen LogP contribution in [-0.2, 0) is 9.59 Å². The van der Waals surface area contributed by atoms with Crippen LogP contribution in [0.4, 0.5) is 16.2 Å². The summed E-state index contributed by atoms with van der Waals surface area (Å²) in [4.78, 5) is 50.0. The van der Waals surface area contributed by atoms with Gasteiger partial charge in [0.25, 0.3) is 17.5 Å². The molecule has 1 aliphatic heterocycles. The number of nitro groups is 1. The van der Waals surface area contributed by atoms with Gasteiger partial charge in [-0.15, -0.1) is 10.2 Å². The standard InChI is InChI=1S/C21H15N5O5S2/c1-11-3-6-14(7-4-11)25-19(28)15(18(27)22-20(25)29)9-13-5-8-17(16(10-13)26(30)31)33-21-24-23-12(2)32-21/h3-10H,1-2H3,(H,22,27,29)/b15-9+. The van der Waals surface area contributed by atoms with Gasteiger partial charge in [-0.1, -0.05) is 46.9 Å². The Morgan fingerprint density at radius 3 is 2.45 bits per heavy atom. The van der Waals surface area contributed by atoms with E-state index >= 15 is 0 Å². The highest BCUT2D eigenvalue weighted by Crippen LogP contribution is 2.37. The molecule has 1 aromatic heterocycles. The van der Waals surface area contributed by atoms with Crippen molar-refractivity contribution in [2.24, 2.45) is 0 Å². The number of hydrogen-bond donors (Lipinski definition) is 1. The zero-order valence-corrected chi connectivity index (χ0v) is 18.9. The number of nitro benzene ring substituents is 1.